The Morgan fingerprint density at radius 1 is 1.32 bits per heavy atom. The molecule has 2 N–H and O–H groups in total. The normalized spacial score (nSPS) is 33.5. The Balaban J connectivity index is 1.74. The molecule has 2 bridgehead atoms. The maximum Gasteiger partial charge on any atom is 0.321 e. The average molecular weight is 267 g/mol. The molecule has 3 fully saturated rings. The Kier molecular flexibility index (Phi) is 2.83. The fourth-order valence-electron chi connectivity index (χ4n) is 3.52. The number of aliphatic carboxylic acids is 1. The van der Waals surface area contributed by atoms with Gasteiger partial charge in [-0.1, -0.05) is 0 Å². The second-order valence-electron chi connectivity index (χ2n) is 5.44. The highest BCUT2D eigenvalue weighted by atomic mass is 16.4. The van der Waals surface area contributed by atoms with Gasteiger partial charge in [-0.3, -0.25) is 9.59 Å². The molecular weight excluding hydrogens is 250 g/mol. The predicted octanol–water partition coefficient (Wildman–Crippen LogP) is -0.524. The number of amides is 3. The van der Waals surface area contributed by atoms with E-state index in [4.69, 9.17) is 0 Å². The molecule has 19 heavy (non-hydrogen) atoms. The molecule has 3 unspecified atom stereocenters. The number of nitrogens with zero attached hydrogens (tertiary/aromatic N) is 2. The summed E-state index contributed by atoms with van der Waals surface area (Å²) in [6.45, 7) is 1.04. The summed E-state index contributed by atoms with van der Waals surface area (Å²) in [5.74, 6) is -1.41. The molecule has 3 atom stereocenters. The predicted molar refractivity (Wildman–Crippen MR) is 64.4 cm³/mol. The zero-order valence-corrected chi connectivity index (χ0v) is 10.5. The largest absolute Gasteiger partial charge is 0.481 e. The van der Waals surface area contributed by atoms with Crippen molar-refractivity contribution in [3.8, 4) is 0 Å². The standard InChI is InChI=1S/C12H17N3O4/c16-10-6-14(4-3-13-10)12(19)15-7-1-2-9(15)8(5-7)11(17)18/h7-9H,1-6H2,(H,13,16)(H,17,18). The van der Waals surface area contributed by atoms with Gasteiger partial charge in [0.2, 0.25) is 5.91 Å². The van der Waals surface area contributed by atoms with E-state index in [1.807, 2.05) is 0 Å². The van der Waals surface area contributed by atoms with Crippen LogP contribution in [0, 0.1) is 5.92 Å². The van der Waals surface area contributed by atoms with Crippen LogP contribution >= 0.6 is 0 Å². The highest BCUT2D eigenvalue weighted by molar-refractivity contribution is 5.86. The van der Waals surface area contributed by atoms with E-state index < -0.39 is 11.9 Å². The fourth-order valence-corrected chi connectivity index (χ4v) is 3.52. The van der Waals surface area contributed by atoms with Crippen LogP contribution in [-0.4, -0.2) is 64.5 Å². The van der Waals surface area contributed by atoms with Crippen molar-refractivity contribution in [2.24, 2.45) is 5.92 Å². The highest BCUT2D eigenvalue weighted by Gasteiger charge is 2.52. The molecule has 104 valence electrons. The van der Waals surface area contributed by atoms with Gasteiger partial charge in [0.15, 0.2) is 0 Å². The van der Waals surface area contributed by atoms with Gasteiger partial charge in [0.05, 0.1) is 5.92 Å². The Morgan fingerprint density at radius 2 is 2.11 bits per heavy atom. The third-order valence-corrected chi connectivity index (χ3v) is 4.38. The summed E-state index contributed by atoms with van der Waals surface area (Å²) in [5.41, 5.74) is 0. The summed E-state index contributed by atoms with van der Waals surface area (Å²) >= 11 is 0. The van der Waals surface area contributed by atoms with Crippen LogP contribution in [0.5, 0.6) is 0 Å². The van der Waals surface area contributed by atoms with Crippen molar-refractivity contribution in [3.05, 3.63) is 0 Å². The molecule has 0 aromatic rings. The lowest BCUT2D eigenvalue weighted by Gasteiger charge is -2.33. The number of hydrogen-bond acceptors (Lipinski definition) is 3. The van der Waals surface area contributed by atoms with E-state index in [0.717, 1.165) is 12.8 Å². The van der Waals surface area contributed by atoms with Crippen molar-refractivity contribution in [3.63, 3.8) is 0 Å². The smallest absolute Gasteiger partial charge is 0.321 e. The molecule has 7 heteroatoms. The van der Waals surface area contributed by atoms with Gasteiger partial charge in [-0.25, -0.2) is 4.79 Å². The summed E-state index contributed by atoms with van der Waals surface area (Å²) in [5, 5.41) is 11.8. The zero-order valence-electron chi connectivity index (χ0n) is 10.5. The molecule has 0 aliphatic carbocycles. The van der Waals surface area contributed by atoms with Crippen LogP contribution in [0.1, 0.15) is 19.3 Å². The molecular formula is C12H17N3O4. The molecule has 0 spiro atoms. The van der Waals surface area contributed by atoms with E-state index in [9.17, 15) is 19.5 Å². The first-order valence-electron chi connectivity index (χ1n) is 6.64. The lowest BCUT2D eigenvalue weighted by molar-refractivity contribution is -0.142. The molecule has 3 heterocycles. The third-order valence-electron chi connectivity index (χ3n) is 4.38. The Morgan fingerprint density at radius 3 is 2.74 bits per heavy atom. The van der Waals surface area contributed by atoms with Gasteiger partial charge < -0.3 is 20.2 Å². The number of carboxylic acids is 1. The minimum absolute atomic E-state index is 0.0311. The number of hydrogen-bond donors (Lipinski definition) is 2. The van der Waals surface area contributed by atoms with Crippen LogP contribution in [0.25, 0.3) is 0 Å². The Labute approximate surface area is 110 Å². The summed E-state index contributed by atoms with van der Waals surface area (Å²) < 4.78 is 0. The quantitative estimate of drug-likeness (QED) is 0.668. The van der Waals surface area contributed by atoms with Gasteiger partial charge in [-0.05, 0) is 19.3 Å². The topological polar surface area (TPSA) is 90.0 Å². The van der Waals surface area contributed by atoms with Crippen LogP contribution in [0.3, 0.4) is 0 Å². The second kappa shape index (κ2) is 4.40. The lowest BCUT2D eigenvalue weighted by Crippen LogP contribution is -2.55. The molecule has 3 amide bonds. The van der Waals surface area contributed by atoms with Crippen LogP contribution in [0.2, 0.25) is 0 Å². The lowest BCUT2D eigenvalue weighted by atomic mass is 9.89. The van der Waals surface area contributed by atoms with Crippen molar-refractivity contribution in [2.75, 3.05) is 19.6 Å². The summed E-state index contributed by atoms with van der Waals surface area (Å²) in [7, 11) is 0. The number of piperazine rings is 1. The number of urea groups is 1. The molecule has 3 saturated heterocycles. The number of fused-ring (bicyclic) bond motifs is 2. The van der Waals surface area contributed by atoms with E-state index in [0.29, 0.717) is 19.5 Å². The van der Waals surface area contributed by atoms with E-state index in [1.165, 1.54) is 4.90 Å². The van der Waals surface area contributed by atoms with Crippen LogP contribution < -0.4 is 5.32 Å². The van der Waals surface area contributed by atoms with Crippen LogP contribution in [-0.2, 0) is 9.59 Å². The molecule has 7 nitrogen and oxygen atoms in total. The van der Waals surface area contributed by atoms with E-state index >= 15 is 0 Å². The molecule has 0 aromatic heterocycles. The Bertz CT molecular complexity index is 439. The first kappa shape index (κ1) is 12.3. The fraction of sp³-hybridized carbons (Fsp3) is 0.750. The van der Waals surface area contributed by atoms with Crippen molar-refractivity contribution < 1.29 is 19.5 Å². The minimum Gasteiger partial charge on any atom is -0.481 e. The molecule has 3 aliphatic heterocycles. The monoisotopic (exact) mass is 267 g/mol. The van der Waals surface area contributed by atoms with Crippen molar-refractivity contribution in [1.82, 2.24) is 15.1 Å². The van der Waals surface area contributed by atoms with Crippen molar-refractivity contribution in [2.45, 2.75) is 31.3 Å². The first-order valence-corrected chi connectivity index (χ1v) is 6.64. The van der Waals surface area contributed by atoms with Crippen molar-refractivity contribution in [1.29, 1.82) is 0 Å². The second-order valence-corrected chi connectivity index (χ2v) is 5.44. The molecule has 3 aliphatic rings. The van der Waals surface area contributed by atoms with Gasteiger partial charge in [0.1, 0.15) is 6.54 Å². The van der Waals surface area contributed by atoms with E-state index in [2.05, 4.69) is 5.32 Å². The maximum atomic E-state index is 12.5. The maximum absolute atomic E-state index is 12.5. The first-order chi connectivity index (χ1) is 9.08. The molecule has 0 radical (unpaired) electrons. The summed E-state index contributed by atoms with van der Waals surface area (Å²) in [6.07, 6.45) is 2.18. The summed E-state index contributed by atoms with van der Waals surface area (Å²) in [6, 6.07) is -0.338. The van der Waals surface area contributed by atoms with Gasteiger partial charge >= 0.3 is 12.0 Å². The van der Waals surface area contributed by atoms with Gasteiger partial charge in [0.25, 0.3) is 0 Å². The number of nitrogens with one attached hydrogen (secondary N) is 1. The minimum atomic E-state index is -0.818. The number of rotatable bonds is 1. The van der Waals surface area contributed by atoms with E-state index in [1.54, 1.807) is 4.90 Å². The van der Waals surface area contributed by atoms with E-state index in [-0.39, 0.29) is 30.6 Å². The van der Waals surface area contributed by atoms with Gasteiger partial charge in [-0.2, -0.15) is 0 Å². The number of carboxylic acid groups (broad SMARTS) is 1. The van der Waals surface area contributed by atoms with Gasteiger partial charge in [-0.15, -0.1) is 0 Å². The SMILES string of the molecule is O=C1CN(C(=O)N2C3CCC2C(C(=O)O)C3)CCN1. The summed E-state index contributed by atoms with van der Waals surface area (Å²) in [4.78, 5) is 38.2. The van der Waals surface area contributed by atoms with Crippen molar-refractivity contribution >= 4 is 17.9 Å². The van der Waals surface area contributed by atoms with Crippen LogP contribution in [0.15, 0.2) is 0 Å². The highest BCUT2D eigenvalue weighted by Crippen LogP contribution is 2.42. The van der Waals surface area contributed by atoms with Gasteiger partial charge in [0, 0.05) is 25.2 Å². The van der Waals surface area contributed by atoms with Crippen LogP contribution in [0.4, 0.5) is 4.79 Å². The zero-order chi connectivity index (χ0) is 13.6. The number of carbonyl (C=O) groups is 3. The molecule has 0 aromatic carbocycles. The Hall–Kier alpha value is -1.79. The molecule has 3 rings (SSSR count). The number of carbonyl (C=O) groups excluding carboxylic acids is 2. The third kappa shape index (κ3) is 1.93. The average Bonchev–Trinajstić information content (AvgIpc) is 2.95. The molecule has 0 saturated carbocycles.